The quantitative estimate of drug-likeness (QED) is 0.510. The molecule has 0 heterocycles. The Balaban J connectivity index is -0.00000000167. The zero-order valence-electron chi connectivity index (χ0n) is 1.77. The van der Waals surface area contributed by atoms with E-state index in [1.165, 1.54) is 0 Å². The molecule has 0 saturated heterocycles. The predicted octanol–water partition coefficient (Wildman–Crippen LogP) is -1.04. The Bertz CT molecular complexity index is 11.6. The summed E-state index contributed by atoms with van der Waals surface area (Å²) >= 11 is 1.69. The molecule has 0 amide bonds. The third kappa shape index (κ3) is 18.5. The zero-order valence-corrected chi connectivity index (χ0v) is 7.85. The fourth-order valence-corrected chi connectivity index (χ4v) is 0. The Morgan fingerprint density at radius 3 is 1.20 bits per heavy atom. The average molecular weight is 351 g/mol. The molecule has 0 rings (SSSR count). The fourth-order valence-electron chi connectivity index (χ4n) is 0. The van der Waals surface area contributed by atoms with Crippen molar-refractivity contribution in [3.8, 4) is 0 Å². The van der Waals surface area contributed by atoms with E-state index in [-0.39, 0.29) is 98.4 Å². The molecule has 0 aromatic rings. The molecule has 0 aromatic carbocycles. The van der Waals surface area contributed by atoms with Gasteiger partial charge in [0, 0.05) is 53.0 Å². The molecule has 0 aliphatic carbocycles. The van der Waals surface area contributed by atoms with Gasteiger partial charge in [0.25, 0.3) is 0 Å². The Labute approximate surface area is 115 Å². The molecule has 0 aliphatic rings. The standard InChI is InChI=1S/Cr.La.Mn.O.Sr.2H. The van der Waals surface area contributed by atoms with E-state index < -0.39 is 0 Å². The third-order valence-corrected chi connectivity index (χ3v) is 0. The van der Waals surface area contributed by atoms with Crippen molar-refractivity contribution in [1.82, 2.24) is 0 Å². The van der Waals surface area contributed by atoms with Crippen LogP contribution in [0.4, 0.5) is 0 Å². The first-order chi connectivity index (χ1) is 1.00. The minimum absolute atomic E-state index is 0. The van der Waals surface area contributed by atoms with Gasteiger partial charge in [-0.15, -0.1) is 0 Å². The van der Waals surface area contributed by atoms with Crippen LogP contribution in [0.3, 0.4) is 0 Å². The summed E-state index contributed by atoms with van der Waals surface area (Å²) in [7, 11) is 0. The van der Waals surface area contributed by atoms with E-state index in [1.807, 2.05) is 0 Å². The number of rotatable bonds is 0. The van der Waals surface area contributed by atoms with Crippen LogP contribution in [0.5, 0.6) is 0 Å². The summed E-state index contributed by atoms with van der Waals surface area (Å²) in [5, 5.41) is 0. The fraction of sp³-hybridized carbons (Fsp3) is 0. The molecule has 5 heavy (non-hydrogen) atoms. The first-order valence-electron chi connectivity index (χ1n) is 0.154. The van der Waals surface area contributed by atoms with Gasteiger partial charge in [0.1, 0.15) is 0 Å². The van der Waals surface area contributed by atoms with Crippen molar-refractivity contribution >= 4 is 45.5 Å². The van der Waals surface area contributed by atoms with Gasteiger partial charge >= 0.3 is 65.3 Å². The van der Waals surface area contributed by atoms with Gasteiger partial charge in [0.2, 0.25) is 0 Å². The summed E-state index contributed by atoms with van der Waals surface area (Å²) in [5.74, 6) is 0. The van der Waals surface area contributed by atoms with Crippen LogP contribution >= 0.6 is 0 Å². The zero-order chi connectivity index (χ0) is 2.00. The van der Waals surface area contributed by atoms with Gasteiger partial charge in [-0.05, 0) is 0 Å². The van der Waals surface area contributed by atoms with Gasteiger partial charge in [-0.25, -0.2) is 0 Å². The topological polar surface area (TPSA) is 17.1 Å². The average Bonchev–Trinajstić information content (AvgIpc) is 1.00. The van der Waals surface area contributed by atoms with E-state index in [0.29, 0.717) is 0 Å². The SMILES string of the molecule is [Cr].[La].[O]=[Mn].[SrH2]. The van der Waals surface area contributed by atoms with Gasteiger partial charge in [-0.1, -0.05) is 0 Å². The van der Waals surface area contributed by atoms with Crippen LogP contribution in [0.15, 0.2) is 0 Å². The molecule has 0 saturated carbocycles. The normalized spacial score (nSPS) is 0.800. The summed E-state index contributed by atoms with van der Waals surface area (Å²) in [5.41, 5.74) is 0. The van der Waals surface area contributed by atoms with E-state index in [9.17, 15) is 0 Å². The van der Waals surface area contributed by atoms with E-state index in [2.05, 4.69) is 0 Å². The Kier molecular flexibility index (Phi) is 122. The van der Waals surface area contributed by atoms with E-state index >= 15 is 0 Å². The molecule has 0 spiro atoms. The summed E-state index contributed by atoms with van der Waals surface area (Å²) < 4.78 is 8.06. The van der Waals surface area contributed by atoms with Gasteiger partial charge in [0.05, 0.1) is 0 Å². The molecular formula is H2CrLaMnOSr. The van der Waals surface area contributed by atoms with Crippen LogP contribution in [-0.2, 0) is 37.1 Å². The Morgan fingerprint density at radius 2 is 1.20 bits per heavy atom. The summed E-state index contributed by atoms with van der Waals surface area (Å²) in [6, 6.07) is 0. The molecule has 5 heteroatoms. The molecule has 0 aromatic heterocycles. The van der Waals surface area contributed by atoms with Crippen molar-refractivity contribution in [3.63, 3.8) is 0 Å². The third-order valence-electron chi connectivity index (χ3n) is 0. The van der Waals surface area contributed by atoms with Crippen molar-refractivity contribution < 1.29 is 72.7 Å². The molecule has 1 radical (unpaired) electrons. The van der Waals surface area contributed by atoms with E-state index in [1.54, 1.807) is 15.9 Å². The molecule has 0 aliphatic heterocycles. The van der Waals surface area contributed by atoms with Crippen LogP contribution in [0.25, 0.3) is 0 Å². The van der Waals surface area contributed by atoms with Crippen LogP contribution in [0.1, 0.15) is 0 Å². The van der Waals surface area contributed by atoms with Gasteiger partial charge < -0.3 is 0 Å². The minimum atomic E-state index is 0. The molecule has 0 N–H and O–H groups in total. The second-order valence-corrected chi connectivity index (χ2v) is 0. The van der Waals surface area contributed by atoms with Crippen molar-refractivity contribution in [1.29, 1.82) is 0 Å². The number of hydrogen-bond acceptors (Lipinski definition) is 1. The predicted molar refractivity (Wildman–Crippen MR) is 9.23 cm³/mol. The first-order valence-corrected chi connectivity index (χ1v) is 0.636. The van der Waals surface area contributed by atoms with Crippen molar-refractivity contribution in [2.24, 2.45) is 0 Å². The van der Waals surface area contributed by atoms with Crippen LogP contribution in [-0.4, -0.2) is 45.5 Å². The van der Waals surface area contributed by atoms with E-state index in [4.69, 9.17) is 3.83 Å². The molecule has 26 valence electrons. The van der Waals surface area contributed by atoms with Crippen molar-refractivity contribution in [2.45, 2.75) is 0 Å². The van der Waals surface area contributed by atoms with Crippen LogP contribution in [0.2, 0.25) is 0 Å². The number of hydrogen-bond donors (Lipinski definition) is 0. The Morgan fingerprint density at radius 1 is 1.20 bits per heavy atom. The summed E-state index contributed by atoms with van der Waals surface area (Å²) in [6.45, 7) is 0. The molecule has 0 bridgehead atoms. The molecular weight excluding hydrogens is 349 g/mol. The van der Waals surface area contributed by atoms with Gasteiger partial charge in [-0.2, -0.15) is 0 Å². The second kappa shape index (κ2) is 25.8. The maximum absolute atomic E-state index is 8.06. The van der Waals surface area contributed by atoms with E-state index in [0.717, 1.165) is 0 Å². The maximum atomic E-state index is 8.06. The monoisotopic (exact) mass is 352 g/mol. The first kappa shape index (κ1) is 23.6. The van der Waals surface area contributed by atoms with Gasteiger partial charge in [0.15, 0.2) is 0 Å². The van der Waals surface area contributed by atoms with Crippen molar-refractivity contribution in [3.05, 3.63) is 0 Å². The molecule has 0 unspecified atom stereocenters. The Hall–Kier alpha value is 3.53. The summed E-state index contributed by atoms with van der Waals surface area (Å²) in [4.78, 5) is 0. The van der Waals surface area contributed by atoms with Gasteiger partial charge in [-0.3, -0.25) is 0 Å². The van der Waals surface area contributed by atoms with Crippen LogP contribution in [0, 0.1) is 35.6 Å². The van der Waals surface area contributed by atoms with Crippen LogP contribution < -0.4 is 0 Å². The van der Waals surface area contributed by atoms with Crippen molar-refractivity contribution in [2.75, 3.05) is 0 Å². The molecule has 0 fully saturated rings. The summed E-state index contributed by atoms with van der Waals surface area (Å²) in [6.07, 6.45) is 0. The molecule has 0 atom stereocenters. The molecule has 1 nitrogen and oxygen atoms in total. The second-order valence-electron chi connectivity index (χ2n) is 0.